The predicted molar refractivity (Wildman–Crippen MR) is 101 cm³/mol. The fourth-order valence-corrected chi connectivity index (χ4v) is 4.82. The third-order valence-corrected chi connectivity index (χ3v) is 6.32. The summed E-state index contributed by atoms with van der Waals surface area (Å²) in [5.74, 6) is 0.685. The largest absolute Gasteiger partial charge is 0.387 e. The van der Waals surface area contributed by atoms with Gasteiger partial charge in [0, 0.05) is 23.1 Å². The van der Waals surface area contributed by atoms with Crippen LogP contribution in [0, 0.1) is 0 Å². The Kier molecular flexibility index (Phi) is 4.75. The molecule has 4 rings (SSSR count). The summed E-state index contributed by atoms with van der Waals surface area (Å²) in [5, 5.41) is 10.7. The van der Waals surface area contributed by atoms with E-state index in [1.165, 1.54) is 31.2 Å². The summed E-state index contributed by atoms with van der Waals surface area (Å²) in [4.78, 5) is 2.58. The molecule has 0 spiro atoms. The number of benzene rings is 2. The van der Waals surface area contributed by atoms with Crippen LogP contribution in [0.3, 0.4) is 0 Å². The van der Waals surface area contributed by atoms with Crippen LogP contribution >= 0.6 is 15.9 Å². The predicted octanol–water partition coefficient (Wildman–Crippen LogP) is 4.89. The molecule has 0 amide bonds. The molecule has 2 heterocycles. The number of rotatable bonds is 4. The number of aliphatic hydroxyl groups is 1. The van der Waals surface area contributed by atoms with Crippen LogP contribution in [0.2, 0.25) is 0 Å². The molecule has 2 fully saturated rings. The molecule has 2 saturated heterocycles. The number of fused-ring (bicyclic) bond motifs is 2. The molecule has 126 valence electrons. The smallest absolute Gasteiger partial charge is 0.0917 e. The molecule has 0 radical (unpaired) electrons. The van der Waals surface area contributed by atoms with Crippen LogP contribution < -0.4 is 0 Å². The summed E-state index contributed by atoms with van der Waals surface area (Å²) in [5.41, 5.74) is 2.50. The summed E-state index contributed by atoms with van der Waals surface area (Å²) in [6.45, 7) is 0.762. The zero-order valence-corrected chi connectivity index (χ0v) is 15.4. The minimum absolute atomic E-state index is 0.394. The number of aliphatic hydroxyl groups excluding tert-OH is 1. The highest BCUT2D eigenvalue weighted by molar-refractivity contribution is 9.10. The van der Waals surface area contributed by atoms with E-state index in [0.717, 1.165) is 16.6 Å². The number of nitrogens with zero attached hydrogens (tertiary/aromatic N) is 1. The van der Waals surface area contributed by atoms with Gasteiger partial charge in [0.2, 0.25) is 0 Å². The highest BCUT2D eigenvalue weighted by Crippen LogP contribution is 2.43. The molecule has 24 heavy (non-hydrogen) atoms. The Hall–Kier alpha value is -1.16. The van der Waals surface area contributed by atoms with E-state index in [0.29, 0.717) is 18.0 Å². The molecule has 2 aliphatic rings. The van der Waals surface area contributed by atoms with Crippen molar-refractivity contribution in [2.24, 2.45) is 0 Å². The van der Waals surface area contributed by atoms with Crippen LogP contribution in [-0.2, 0) is 0 Å². The average molecular weight is 386 g/mol. The molecular weight excluding hydrogens is 362 g/mol. The molecule has 2 aromatic rings. The van der Waals surface area contributed by atoms with Gasteiger partial charge in [-0.05, 0) is 54.9 Å². The first-order chi connectivity index (χ1) is 11.7. The van der Waals surface area contributed by atoms with Crippen molar-refractivity contribution in [3.8, 4) is 0 Å². The Morgan fingerprint density at radius 3 is 2.21 bits per heavy atom. The van der Waals surface area contributed by atoms with Crippen molar-refractivity contribution < 1.29 is 5.11 Å². The van der Waals surface area contributed by atoms with Crippen LogP contribution in [0.15, 0.2) is 59.1 Å². The lowest BCUT2D eigenvalue weighted by molar-refractivity contribution is 0.0558. The maximum absolute atomic E-state index is 10.7. The second-order valence-corrected chi connectivity index (χ2v) is 8.14. The van der Waals surface area contributed by atoms with Gasteiger partial charge in [0.25, 0.3) is 0 Å². The average Bonchev–Trinajstić information content (AvgIpc) is 2.84. The standard InChI is InChI=1S/C21H24BrNO/c22-18-8-6-16(7-9-18)21(24)14-23-19-10-11-20(23)13-17(12-19)15-4-2-1-3-5-15/h1-9,17,19-21,24H,10-14H2/t17?,19-,20+,21?. The highest BCUT2D eigenvalue weighted by Gasteiger charge is 2.41. The molecular formula is C21H24BrNO. The van der Waals surface area contributed by atoms with E-state index < -0.39 is 6.10 Å². The van der Waals surface area contributed by atoms with Crippen LogP contribution in [0.25, 0.3) is 0 Å². The molecule has 1 N–H and O–H groups in total. The molecule has 2 bridgehead atoms. The van der Waals surface area contributed by atoms with Crippen LogP contribution in [0.1, 0.15) is 48.8 Å². The first-order valence-electron chi connectivity index (χ1n) is 8.95. The summed E-state index contributed by atoms with van der Waals surface area (Å²) in [7, 11) is 0. The summed E-state index contributed by atoms with van der Waals surface area (Å²) < 4.78 is 1.06. The minimum Gasteiger partial charge on any atom is -0.387 e. The zero-order valence-electron chi connectivity index (χ0n) is 13.8. The van der Waals surface area contributed by atoms with E-state index >= 15 is 0 Å². The fraction of sp³-hybridized carbons (Fsp3) is 0.429. The highest BCUT2D eigenvalue weighted by atomic mass is 79.9. The van der Waals surface area contributed by atoms with Gasteiger partial charge in [-0.3, -0.25) is 4.90 Å². The second-order valence-electron chi connectivity index (χ2n) is 7.23. The van der Waals surface area contributed by atoms with E-state index in [2.05, 4.69) is 51.2 Å². The van der Waals surface area contributed by atoms with Crippen LogP contribution in [0.4, 0.5) is 0 Å². The van der Waals surface area contributed by atoms with Gasteiger partial charge in [-0.1, -0.05) is 58.4 Å². The van der Waals surface area contributed by atoms with Gasteiger partial charge in [0.1, 0.15) is 0 Å². The number of hydrogen-bond acceptors (Lipinski definition) is 2. The first-order valence-corrected chi connectivity index (χ1v) is 9.74. The Morgan fingerprint density at radius 2 is 1.58 bits per heavy atom. The van der Waals surface area contributed by atoms with Gasteiger partial charge >= 0.3 is 0 Å². The Balaban J connectivity index is 1.44. The molecule has 0 aromatic heterocycles. The van der Waals surface area contributed by atoms with Crippen molar-refractivity contribution in [3.63, 3.8) is 0 Å². The molecule has 0 saturated carbocycles. The first kappa shape index (κ1) is 16.3. The van der Waals surface area contributed by atoms with Gasteiger partial charge < -0.3 is 5.11 Å². The Labute approximate surface area is 152 Å². The second kappa shape index (κ2) is 6.99. The zero-order chi connectivity index (χ0) is 16.5. The Bertz CT molecular complexity index is 658. The van der Waals surface area contributed by atoms with Crippen molar-refractivity contribution in [2.45, 2.75) is 49.8 Å². The van der Waals surface area contributed by atoms with Gasteiger partial charge in [-0.15, -0.1) is 0 Å². The van der Waals surface area contributed by atoms with E-state index in [1.807, 2.05) is 24.3 Å². The number of halogens is 1. The number of hydrogen-bond donors (Lipinski definition) is 1. The molecule has 3 heteroatoms. The van der Waals surface area contributed by atoms with E-state index in [4.69, 9.17) is 0 Å². The lowest BCUT2D eigenvalue weighted by atomic mass is 9.85. The molecule has 4 atom stereocenters. The topological polar surface area (TPSA) is 23.5 Å². The lowest BCUT2D eigenvalue weighted by Gasteiger charge is -2.40. The van der Waals surface area contributed by atoms with Crippen molar-refractivity contribution >= 4 is 15.9 Å². The monoisotopic (exact) mass is 385 g/mol. The Morgan fingerprint density at radius 1 is 0.958 bits per heavy atom. The lowest BCUT2D eigenvalue weighted by Crippen LogP contribution is -2.44. The van der Waals surface area contributed by atoms with Gasteiger partial charge in [-0.25, -0.2) is 0 Å². The van der Waals surface area contributed by atoms with Gasteiger partial charge in [0.15, 0.2) is 0 Å². The maximum Gasteiger partial charge on any atom is 0.0917 e. The normalized spacial score (nSPS) is 28.0. The van der Waals surface area contributed by atoms with E-state index in [1.54, 1.807) is 0 Å². The summed E-state index contributed by atoms with van der Waals surface area (Å²) >= 11 is 3.46. The summed E-state index contributed by atoms with van der Waals surface area (Å²) in [6.07, 6.45) is 4.62. The minimum atomic E-state index is -0.394. The summed E-state index contributed by atoms with van der Waals surface area (Å²) in [6, 6.07) is 20.3. The number of piperidine rings is 1. The molecule has 2 unspecified atom stereocenters. The van der Waals surface area contributed by atoms with E-state index in [9.17, 15) is 5.11 Å². The fourth-order valence-electron chi connectivity index (χ4n) is 4.56. The SMILES string of the molecule is OC(CN1[C@@H]2CC[C@H]1CC(c1ccccc1)C2)c1ccc(Br)cc1. The molecule has 2 nitrogen and oxygen atoms in total. The third kappa shape index (κ3) is 3.30. The quantitative estimate of drug-likeness (QED) is 0.809. The van der Waals surface area contributed by atoms with Crippen molar-refractivity contribution in [1.29, 1.82) is 0 Å². The molecule has 2 aliphatic heterocycles. The van der Waals surface area contributed by atoms with Crippen molar-refractivity contribution in [2.75, 3.05) is 6.54 Å². The van der Waals surface area contributed by atoms with Gasteiger partial charge in [0.05, 0.1) is 6.10 Å². The van der Waals surface area contributed by atoms with Crippen LogP contribution in [-0.4, -0.2) is 28.6 Å². The maximum atomic E-state index is 10.7. The van der Waals surface area contributed by atoms with Crippen molar-refractivity contribution in [1.82, 2.24) is 4.90 Å². The molecule has 2 aromatic carbocycles. The van der Waals surface area contributed by atoms with Gasteiger partial charge in [-0.2, -0.15) is 0 Å². The third-order valence-electron chi connectivity index (χ3n) is 5.79. The van der Waals surface area contributed by atoms with Crippen molar-refractivity contribution in [3.05, 3.63) is 70.2 Å². The van der Waals surface area contributed by atoms with Crippen LogP contribution in [0.5, 0.6) is 0 Å². The van der Waals surface area contributed by atoms with E-state index in [-0.39, 0.29) is 0 Å². The molecule has 0 aliphatic carbocycles.